The van der Waals surface area contributed by atoms with Gasteiger partial charge in [0.1, 0.15) is 0 Å². The summed E-state index contributed by atoms with van der Waals surface area (Å²) in [6.45, 7) is 1.78. The highest BCUT2D eigenvalue weighted by atomic mass is 16.4. The van der Waals surface area contributed by atoms with Gasteiger partial charge in [0.05, 0.1) is 6.33 Å². The molecule has 1 aromatic rings. The molecule has 0 saturated carbocycles. The number of rotatable bonds is 2. The van der Waals surface area contributed by atoms with Gasteiger partial charge in [0.2, 0.25) is 0 Å². The second-order valence-electron chi connectivity index (χ2n) is 1.91. The maximum atomic E-state index is 10.1. The summed E-state index contributed by atoms with van der Waals surface area (Å²) in [4.78, 5) is 13.9. The predicted molar refractivity (Wildman–Crippen MR) is 36.1 cm³/mol. The van der Waals surface area contributed by atoms with E-state index in [4.69, 9.17) is 5.11 Å². The molecule has 51 valence electrons. The third-order valence-electron chi connectivity index (χ3n) is 1.11. The number of aryl methyl sites for hydroxylation is 1. The summed E-state index contributed by atoms with van der Waals surface area (Å²) in [6, 6.07) is 0. The third kappa shape index (κ3) is 1.37. The summed E-state index contributed by atoms with van der Waals surface area (Å²) < 4.78 is 1.45. The van der Waals surface area contributed by atoms with Gasteiger partial charge in [-0.15, -0.1) is 0 Å². The zero-order valence-corrected chi connectivity index (χ0v) is 5.48. The molecule has 1 radical (unpaired) electrons. The lowest BCUT2D eigenvalue weighted by Gasteiger charge is -1.95. The van der Waals surface area contributed by atoms with Crippen LogP contribution < -0.4 is 0 Å². The van der Waals surface area contributed by atoms with Gasteiger partial charge >= 0.3 is 7.41 Å². The van der Waals surface area contributed by atoms with Crippen molar-refractivity contribution >= 4 is 13.3 Å². The van der Waals surface area contributed by atoms with Crippen molar-refractivity contribution in [1.29, 1.82) is 0 Å². The molecule has 1 aromatic heterocycles. The normalized spacial score (nSPS) is 9.30. The standard InChI is InChI=1S/C5H6BN2O2/c1-4-2-7-3-8(4)6-5(9)10/h2-3H,1H3,(H,9,10). The zero-order valence-electron chi connectivity index (χ0n) is 5.48. The van der Waals surface area contributed by atoms with E-state index >= 15 is 0 Å². The molecule has 4 nitrogen and oxygen atoms in total. The Kier molecular flexibility index (Phi) is 1.75. The number of nitrogens with zero attached hydrogens (tertiary/aromatic N) is 2. The van der Waals surface area contributed by atoms with Crippen LogP contribution in [0.3, 0.4) is 0 Å². The summed E-state index contributed by atoms with van der Waals surface area (Å²) in [5.41, 5.74) is 0.808. The molecule has 1 heterocycles. The topological polar surface area (TPSA) is 55.1 Å². The Morgan fingerprint density at radius 3 is 3.00 bits per heavy atom. The van der Waals surface area contributed by atoms with E-state index < -0.39 is 5.87 Å². The van der Waals surface area contributed by atoms with E-state index in [2.05, 4.69) is 4.98 Å². The lowest BCUT2D eigenvalue weighted by molar-refractivity contribution is 0.219. The van der Waals surface area contributed by atoms with Crippen molar-refractivity contribution in [3.63, 3.8) is 0 Å². The fourth-order valence-corrected chi connectivity index (χ4v) is 0.625. The van der Waals surface area contributed by atoms with E-state index in [-0.39, 0.29) is 0 Å². The van der Waals surface area contributed by atoms with Crippen LogP contribution in [0.25, 0.3) is 0 Å². The Morgan fingerprint density at radius 2 is 2.60 bits per heavy atom. The molecule has 0 unspecified atom stereocenters. The minimum Gasteiger partial charge on any atom is -0.488 e. The highest BCUT2D eigenvalue weighted by molar-refractivity contribution is 6.70. The fraction of sp³-hybridized carbons (Fsp3) is 0.200. The van der Waals surface area contributed by atoms with Gasteiger partial charge in [-0.25, -0.2) is 4.98 Å². The van der Waals surface area contributed by atoms with E-state index in [1.54, 1.807) is 13.1 Å². The number of aromatic nitrogens is 2. The van der Waals surface area contributed by atoms with Crippen LogP contribution in [0.4, 0.5) is 4.79 Å². The van der Waals surface area contributed by atoms with Crippen molar-refractivity contribution in [3.8, 4) is 0 Å². The molecule has 5 heteroatoms. The van der Waals surface area contributed by atoms with Crippen LogP contribution in [0, 0.1) is 6.92 Å². The number of imidazole rings is 1. The molecule has 0 aliphatic carbocycles. The summed E-state index contributed by atoms with van der Waals surface area (Å²) >= 11 is 0. The summed E-state index contributed by atoms with van der Waals surface area (Å²) in [7, 11) is 1.06. The van der Waals surface area contributed by atoms with Crippen LogP contribution in [-0.4, -0.2) is 27.9 Å². The van der Waals surface area contributed by atoms with Crippen molar-refractivity contribution in [1.82, 2.24) is 9.46 Å². The van der Waals surface area contributed by atoms with Crippen LogP contribution in [0.15, 0.2) is 12.5 Å². The molecule has 0 aliphatic heterocycles. The second-order valence-corrected chi connectivity index (χ2v) is 1.91. The molecular formula is C5H6BN2O2. The van der Waals surface area contributed by atoms with Crippen molar-refractivity contribution in [3.05, 3.63) is 18.2 Å². The van der Waals surface area contributed by atoms with Crippen LogP contribution in [-0.2, 0) is 0 Å². The first-order valence-corrected chi connectivity index (χ1v) is 2.76. The summed E-state index contributed by atoms with van der Waals surface area (Å²) in [6.07, 6.45) is 3.04. The maximum absolute atomic E-state index is 10.1. The minimum atomic E-state index is -0.971. The Bertz CT molecular complexity index is 246. The Balaban J connectivity index is 2.74. The monoisotopic (exact) mass is 137 g/mol. The van der Waals surface area contributed by atoms with Gasteiger partial charge < -0.3 is 9.58 Å². The van der Waals surface area contributed by atoms with Gasteiger partial charge in [0.25, 0.3) is 5.87 Å². The van der Waals surface area contributed by atoms with Crippen LogP contribution in [0.2, 0.25) is 0 Å². The summed E-state index contributed by atoms with van der Waals surface area (Å²) in [5, 5.41) is 8.31. The van der Waals surface area contributed by atoms with Crippen molar-refractivity contribution in [2.45, 2.75) is 6.92 Å². The SMILES string of the molecule is Cc1cncn1[B]C(=O)O. The zero-order chi connectivity index (χ0) is 7.56. The fourth-order valence-electron chi connectivity index (χ4n) is 0.625. The van der Waals surface area contributed by atoms with Crippen molar-refractivity contribution < 1.29 is 9.90 Å². The highest BCUT2D eigenvalue weighted by Gasteiger charge is 2.04. The Hall–Kier alpha value is -1.26. The largest absolute Gasteiger partial charge is 0.488 e. The van der Waals surface area contributed by atoms with Crippen LogP contribution >= 0.6 is 0 Å². The van der Waals surface area contributed by atoms with Crippen molar-refractivity contribution in [2.24, 2.45) is 0 Å². The molecule has 0 saturated heterocycles. The molecular weight excluding hydrogens is 131 g/mol. The lowest BCUT2D eigenvalue weighted by atomic mass is 9.95. The Labute approximate surface area is 58.8 Å². The second kappa shape index (κ2) is 2.55. The average molecular weight is 137 g/mol. The predicted octanol–water partition coefficient (Wildman–Crippen LogP) is 0.337. The van der Waals surface area contributed by atoms with Gasteiger partial charge in [-0.3, -0.25) is 4.79 Å². The first-order chi connectivity index (χ1) is 4.70. The van der Waals surface area contributed by atoms with E-state index in [1.165, 1.54) is 10.8 Å². The maximum Gasteiger partial charge on any atom is 0.398 e. The molecule has 1 N–H and O–H groups in total. The van der Waals surface area contributed by atoms with Gasteiger partial charge in [0, 0.05) is 11.9 Å². The quantitative estimate of drug-likeness (QED) is 0.597. The van der Waals surface area contributed by atoms with E-state index in [1.807, 2.05) is 0 Å². The number of hydrogen-bond donors (Lipinski definition) is 1. The highest BCUT2D eigenvalue weighted by Crippen LogP contribution is 1.92. The Morgan fingerprint density at radius 1 is 1.90 bits per heavy atom. The van der Waals surface area contributed by atoms with E-state index in [0.29, 0.717) is 0 Å². The summed E-state index contributed by atoms with van der Waals surface area (Å²) in [5.74, 6) is -0.971. The van der Waals surface area contributed by atoms with Gasteiger partial charge in [0.15, 0.2) is 0 Å². The molecule has 0 atom stereocenters. The molecule has 0 bridgehead atoms. The molecule has 1 rings (SSSR count). The number of carboxylic acid groups (broad SMARTS) is 1. The lowest BCUT2D eigenvalue weighted by Crippen LogP contribution is -2.16. The minimum absolute atomic E-state index is 0.808. The molecule has 0 fully saturated rings. The first-order valence-electron chi connectivity index (χ1n) is 2.76. The smallest absolute Gasteiger partial charge is 0.398 e. The first kappa shape index (κ1) is 6.86. The van der Waals surface area contributed by atoms with Crippen molar-refractivity contribution in [2.75, 3.05) is 0 Å². The van der Waals surface area contributed by atoms with Crippen LogP contribution in [0.1, 0.15) is 5.69 Å². The van der Waals surface area contributed by atoms with Gasteiger partial charge in [-0.05, 0) is 6.92 Å². The molecule has 0 aromatic carbocycles. The molecule has 10 heavy (non-hydrogen) atoms. The van der Waals surface area contributed by atoms with Gasteiger partial charge in [-0.1, -0.05) is 0 Å². The molecule has 0 spiro atoms. The van der Waals surface area contributed by atoms with E-state index in [9.17, 15) is 4.79 Å². The number of carbonyl (C=O) groups is 1. The van der Waals surface area contributed by atoms with Gasteiger partial charge in [-0.2, -0.15) is 0 Å². The van der Waals surface area contributed by atoms with E-state index in [0.717, 1.165) is 13.1 Å². The average Bonchev–Trinajstić information content (AvgIpc) is 2.15. The molecule has 0 aliphatic rings. The van der Waals surface area contributed by atoms with Crippen LogP contribution in [0.5, 0.6) is 0 Å². The third-order valence-corrected chi connectivity index (χ3v) is 1.11. The number of hydrogen-bond acceptors (Lipinski definition) is 2. The molecule has 0 amide bonds.